The van der Waals surface area contributed by atoms with E-state index in [0.717, 1.165) is 27.0 Å². The van der Waals surface area contributed by atoms with Crippen molar-refractivity contribution in [1.29, 1.82) is 0 Å². The number of ether oxygens (including phenoxy) is 1. The van der Waals surface area contributed by atoms with Crippen molar-refractivity contribution in [2.75, 3.05) is 19.0 Å². The van der Waals surface area contributed by atoms with Gasteiger partial charge >= 0.3 is 0 Å². The van der Waals surface area contributed by atoms with Crippen molar-refractivity contribution in [2.45, 2.75) is 6.54 Å². The van der Waals surface area contributed by atoms with E-state index in [1.165, 1.54) is 0 Å². The fourth-order valence-electron chi connectivity index (χ4n) is 1.38. The Hall–Kier alpha value is -0.920. The quantitative estimate of drug-likeness (QED) is 0.871. The summed E-state index contributed by atoms with van der Waals surface area (Å²) >= 11 is 6.81. The van der Waals surface area contributed by atoms with Gasteiger partial charge in [0, 0.05) is 24.0 Å². The van der Waals surface area contributed by atoms with Crippen molar-refractivity contribution >= 4 is 43.4 Å². The predicted molar refractivity (Wildman–Crippen MR) is 77.0 cm³/mol. The first-order valence-corrected chi connectivity index (χ1v) is 6.87. The summed E-state index contributed by atoms with van der Waals surface area (Å²) in [6.45, 7) is 1.37. The highest BCUT2D eigenvalue weighted by Gasteiger charge is 2.04. The summed E-state index contributed by atoms with van der Waals surface area (Å²) in [5.74, 6) is 0.754. The molecule has 18 heavy (non-hydrogen) atoms. The molecule has 0 atom stereocenters. The van der Waals surface area contributed by atoms with E-state index in [9.17, 15) is 0 Å². The average Bonchev–Trinajstić information content (AvgIpc) is 2.78. The van der Waals surface area contributed by atoms with Crippen LogP contribution in [0.2, 0.25) is 0 Å². The Kier molecular flexibility index (Phi) is 4.73. The fourth-order valence-corrected chi connectivity index (χ4v) is 2.47. The lowest BCUT2D eigenvalue weighted by Gasteiger charge is -2.05. The number of nitrogens with zero attached hydrogens (tertiary/aromatic N) is 3. The summed E-state index contributed by atoms with van der Waals surface area (Å²) in [6, 6.07) is 1.94. The molecule has 0 fully saturated rings. The molecule has 0 bridgehead atoms. The van der Waals surface area contributed by atoms with E-state index in [-0.39, 0.29) is 0 Å². The van der Waals surface area contributed by atoms with Crippen LogP contribution in [0.25, 0.3) is 0 Å². The standard InChI is InChI=1S/C11H12Br2N4O/c1-18-3-2-17-7-9(6-15-17)16-11-10(13)4-8(12)5-14-11/h4-7H,2-3H2,1H3,(H,14,16). The molecular formula is C11H12Br2N4O. The first kappa shape index (κ1) is 13.5. The fraction of sp³-hybridized carbons (Fsp3) is 0.273. The second-order valence-electron chi connectivity index (χ2n) is 3.59. The number of aromatic nitrogens is 3. The highest BCUT2D eigenvalue weighted by Crippen LogP contribution is 2.26. The Morgan fingerprint density at radius 3 is 2.94 bits per heavy atom. The number of halogens is 2. The molecule has 0 radical (unpaired) electrons. The summed E-state index contributed by atoms with van der Waals surface area (Å²) in [5, 5.41) is 7.41. The van der Waals surface area contributed by atoms with Crippen molar-refractivity contribution in [1.82, 2.24) is 14.8 Å². The molecule has 0 aromatic carbocycles. The zero-order valence-electron chi connectivity index (χ0n) is 9.73. The number of nitrogens with one attached hydrogen (secondary N) is 1. The number of rotatable bonds is 5. The molecule has 5 nitrogen and oxygen atoms in total. The second kappa shape index (κ2) is 6.31. The van der Waals surface area contributed by atoms with Crippen LogP contribution in [-0.4, -0.2) is 28.5 Å². The third-order valence-electron chi connectivity index (χ3n) is 2.23. The van der Waals surface area contributed by atoms with Crippen LogP contribution in [0.15, 0.2) is 33.6 Å². The first-order valence-electron chi connectivity index (χ1n) is 5.28. The van der Waals surface area contributed by atoms with Crippen LogP contribution in [0, 0.1) is 0 Å². The van der Waals surface area contributed by atoms with Gasteiger partial charge in [-0.25, -0.2) is 4.98 Å². The number of methoxy groups -OCH3 is 1. The highest BCUT2D eigenvalue weighted by atomic mass is 79.9. The minimum atomic E-state index is 0.640. The Morgan fingerprint density at radius 1 is 1.39 bits per heavy atom. The predicted octanol–water partition coefficient (Wildman–Crippen LogP) is 3.19. The maximum Gasteiger partial charge on any atom is 0.144 e. The van der Waals surface area contributed by atoms with Gasteiger partial charge in [0.15, 0.2) is 0 Å². The van der Waals surface area contributed by atoms with Gasteiger partial charge in [-0.05, 0) is 37.9 Å². The Bertz CT molecular complexity index is 530. The molecule has 2 aromatic heterocycles. The second-order valence-corrected chi connectivity index (χ2v) is 5.36. The largest absolute Gasteiger partial charge is 0.383 e. The van der Waals surface area contributed by atoms with Gasteiger partial charge in [0.25, 0.3) is 0 Å². The van der Waals surface area contributed by atoms with Crippen molar-refractivity contribution in [3.8, 4) is 0 Å². The monoisotopic (exact) mass is 374 g/mol. The lowest BCUT2D eigenvalue weighted by Crippen LogP contribution is -2.04. The van der Waals surface area contributed by atoms with Crippen LogP contribution in [-0.2, 0) is 11.3 Å². The van der Waals surface area contributed by atoms with E-state index in [4.69, 9.17) is 4.74 Å². The molecule has 7 heteroatoms. The lowest BCUT2D eigenvalue weighted by molar-refractivity contribution is 0.183. The molecule has 0 saturated carbocycles. The molecule has 2 aromatic rings. The zero-order chi connectivity index (χ0) is 13.0. The molecule has 2 heterocycles. The third kappa shape index (κ3) is 3.54. The summed E-state index contributed by atoms with van der Waals surface area (Å²) in [6.07, 6.45) is 5.41. The van der Waals surface area contributed by atoms with Gasteiger partial charge in [0.1, 0.15) is 5.82 Å². The molecule has 0 amide bonds. The van der Waals surface area contributed by atoms with Crippen LogP contribution in [0.4, 0.5) is 11.5 Å². The van der Waals surface area contributed by atoms with Crippen LogP contribution >= 0.6 is 31.9 Å². The Balaban J connectivity index is 2.06. The van der Waals surface area contributed by atoms with Gasteiger partial charge in [-0.3, -0.25) is 4.68 Å². The van der Waals surface area contributed by atoms with Crippen LogP contribution in [0.3, 0.4) is 0 Å². The summed E-state index contributed by atoms with van der Waals surface area (Å²) in [7, 11) is 1.67. The molecule has 0 saturated heterocycles. The van der Waals surface area contributed by atoms with Gasteiger partial charge in [0.05, 0.1) is 29.5 Å². The summed E-state index contributed by atoms with van der Waals surface area (Å²) in [5.41, 5.74) is 0.890. The van der Waals surface area contributed by atoms with E-state index >= 15 is 0 Å². The molecule has 0 unspecified atom stereocenters. The number of hydrogen-bond acceptors (Lipinski definition) is 4. The molecule has 1 N–H and O–H groups in total. The average molecular weight is 376 g/mol. The van der Waals surface area contributed by atoms with Crippen LogP contribution in [0.5, 0.6) is 0 Å². The molecule has 0 aliphatic carbocycles. The number of hydrogen-bond donors (Lipinski definition) is 1. The van der Waals surface area contributed by atoms with E-state index in [1.807, 2.05) is 16.9 Å². The smallest absolute Gasteiger partial charge is 0.144 e. The molecule has 0 spiro atoms. The van der Waals surface area contributed by atoms with Crippen molar-refractivity contribution in [2.24, 2.45) is 0 Å². The van der Waals surface area contributed by atoms with E-state index in [1.54, 1.807) is 19.5 Å². The normalized spacial score (nSPS) is 10.6. The number of pyridine rings is 1. The minimum absolute atomic E-state index is 0.640. The zero-order valence-corrected chi connectivity index (χ0v) is 12.9. The maximum atomic E-state index is 5.00. The van der Waals surface area contributed by atoms with Crippen molar-refractivity contribution in [3.63, 3.8) is 0 Å². The molecule has 0 aliphatic heterocycles. The molecule has 96 valence electrons. The van der Waals surface area contributed by atoms with Crippen molar-refractivity contribution in [3.05, 3.63) is 33.6 Å². The van der Waals surface area contributed by atoms with Gasteiger partial charge in [0.2, 0.25) is 0 Å². The SMILES string of the molecule is COCCn1cc(Nc2ncc(Br)cc2Br)cn1. The van der Waals surface area contributed by atoms with Gasteiger partial charge in [-0.15, -0.1) is 0 Å². The van der Waals surface area contributed by atoms with E-state index in [0.29, 0.717) is 6.61 Å². The Labute approximate surface area is 122 Å². The van der Waals surface area contributed by atoms with E-state index < -0.39 is 0 Å². The topological polar surface area (TPSA) is 52.0 Å². The maximum absolute atomic E-state index is 5.00. The highest BCUT2D eigenvalue weighted by molar-refractivity contribution is 9.11. The number of anilines is 2. The van der Waals surface area contributed by atoms with Gasteiger partial charge in [-0.2, -0.15) is 5.10 Å². The summed E-state index contributed by atoms with van der Waals surface area (Å²) in [4.78, 5) is 4.28. The van der Waals surface area contributed by atoms with Gasteiger partial charge in [-0.1, -0.05) is 0 Å². The first-order chi connectivity index (χ1) is 8.69. The van der Waals surface area contributed by atoms with Crippen molar-refractivity contribution < 1.29 is 4.74 Å². The van der Waals surface area contributed by atoms with Crippen LogP contribution < -0.4 is 5.32 Å². The Morgan fingerprint density at radius 2 is 2.22 bits per heavy atom. The van der Waals surface area contributed by atoms with Crippen LogP contribution in [0.1, 0.15) is 0 Å². The molecule has 0 aliphatic rings. The summed E-state index contributed by atoms with van der Waals surface area (Å²) < 4.78 is 8.63. The van der Waals surface area contributed by atoms with Gasteiger partial charge < -0.3 is 10.1 Å². The molecular weight excluding hydrogens is 364 g/mol. The van der Waals surface area contributed by atoms with E-state index in [2.05, 4.69) is 47.3 Å². The molecule has 2 rings (SSSR count). The minimum Gasteiger partial charge on any atom is -0.383 e. The third-order valence-corrected chi connectivity index (χ3v) is 3.27. The lowest BCUT2D eigenvalue weighted by atomic mass is 10.4.